The fraction of sp³-hybridized carbons (Fsp3) is 0.333. The number of hydrogen-bond acceptors (Lipinski definition) is 5. The van der Waals surface area contributed by atoms with Crippen LogP contribution in [0.1, 0.15) is 12.8 Å². The standard InChI is InChI=1S/C12H14N4O/c13-10-6-2-1-5-9(10)11-14-12(15-17-11)16-7-3-4-8-16/h1-2,5-6H,3-4,7-8,13H2. The van der Waals surface area contributed by atoms with Gasteiger partial charge in [-0.05, 0) is 30.1 Å². The molecule has 88 valence electrons. The lowest BCUT2D eigenvalue weighted by Crippen LogP contribution is -2.18. The molecular weight excluding hydrogens is 216 g/mol. The zero-order valence-corrected chi connectivity index (χ0v) is 9.47. The van der Waals surface area contributed by atoms with Crippen molar-refractivity contribution in [2.45, 2.75) is 12.8 Å². The quantitative estimate of drug-likeness (QED) is 0.798. The first-order valence-corrected chi connectivity index (χ1v) is 5.78. The Hall–Kier alpha value is -2.04. The number of aromatic nitrogens is 2. The minimum absolute atomic E-state index is 0.491. The molecule has 17 heavy (non-hydrogen) atoms. The van der Waals surface area contributed by atoms with Gasteiger partial charge >= 0.3 is 0 Å². The van der Waals surface area contributed by atoms with Crippen LogP contribution in [0.25, 0.3) is 11.5 Å². The summed E-state index contributed by atoms with van der Waals surface area (Å²) in [7, 11) is 0. The highest BCUT2D eigenvalue weighted by Gasteiger charge is 2.19. The second-order valence-electron chi connectivity index (χ2n) is 4.18. The van der Waals surface area contributed by atoms with E-state index in [1.54, 1.807) is 0 Å². The summed E-state index contributed by atoms with van der Waals surface area (Å²) in [4.78, 5) is 6.52. The Morgan fingerprint density at radius 2 is 1.94 bits per heavy atom. The van der Waals surface area contributed by atoms with Crippen LogP contribution in [0, 0.1) is 0 Å². The number of nitrogens with two attached hydrogens (primary N) is 1. The molecule has 0 spiro atoms. The molecule has 5 nitrogen and oxygen atoms in total. The maximum atomic E-state index is 5.87. The SMILES string of the molecule is Nc1ccccc1-c1nc(N2CCCC2)no1. The van der Waals surface area contributed by atoms with E-state index in [4.69, 9.17) is 10.3 Å². The summed E-state index contributed by atoms with van der Waals surface area (Å²) >= 11 is 0. The third kappa shape index (κ3) is 1.84. The fourth-order valence-electron chi connectivity index (χ4n) is 2.06. The molecule has 0 radical (unpaired) electrons. The van der Waals surface area contributed by atoms with Gasteiger partial charge in [0.05, 0.1) is 5.56 Å². The molecular formula is C12H14N4O. The Balaban J connectivity index is 1.92. The van der Waals surface area contributed by atoms with E-state index >= 15 is 0 Å². The molecule has 0 atom stereocenters. The summed E-state index contributed by atoms with van der Waals surface area (Å²) < 4.78 is 5.26. The van der Waals surface area contributed by atoms with Crippen molar-refractivity contribution in [1.82, 2.24) is 10.1 Å². The second kappa shape index (κ2) is 4.08. The molecule has 1 aliphatic rings. The number of nitrogens with zero attached hydrogens (tertiary/aromatic N) is 3. The molecule has 0 aliphatic carbocycles. The van der Waals surface area contributed by atoms with Gasteiger partial charge in [-0.3, -0.25) is 0 Å². The van der Waals surface area contributed by atoms with E-state index < -0.39 is 0 Å². The summed E-state index contributed by atoms with van der Waals surface area (Å²) in [6.45, 7) is 2.01. The molecule has 1 aromatic heterocycles. The molecule has 2 N–H and O–H groups in total. The van der Waals surface area contributed by atoms with Crippen LogP contribution in [0.5, 0.6) is 0 Å². The highest BCUT2D eigenvalue weighted by atomic mass is 16.5. The molecule has 1 aromatic carbocycles. The number of hydrogen-bond donors (Lipinski definition) is 1. The topological polar surface area (TPSA) is 68.2 Å². The van der Waals surface area contributed by atoms with E-state index in [2.05, 4.69) is 15.0 Å². The van der Waals surface area contributed by atoms with Crippen LogP contribution in [0.3, 0.4) is 0 Å². The van der Waals surface area contributed by atoms with Crippen molar-refractivity contribution in [2.24, 2.45) is 0 Å². The first kappa shape index (κ1) is 10.1. The van der Waals surface area contributed by atoms with Gasteiger partial charge in [0.1, 0.15) is 0 Å². The maximum absolute atomic E-state index is 5.87. The van der Waals surface area contributed by atoms with Gasteiger partial charge in [-0.2, -0.15) is 4.98 Å². The molecule has 0 bridgehead atoms. The van der Waals surface area contributed by atoms with Crippen LogP contribution in [0.15, 0.2) is 28.8 Å². The van der Waals surface area contributed by atoms with Gasteiger partial charge in [0.25, 0.3) is 11.8 Å². The fourth-order valence-corrected chi connectivity index (χ4v) is 2.06. The average Bonchev–Trinajstić information content (AvgIpc) is 3.00. The summed E-state index contributed by atoms with van der Waals surface area (Å²) in [5.41, 5.74) is 7.33. The Morgan fingerprint density at radius 1 is 1.18 bits per heavy atom. The maximum Gasteiger partial charge on any atom is 0.266 e. The van der Waals surface area contributed by atoms with Crippen LogP contribution < -0.4 is 10.6 Å². The van der Waals surface area contributed by atoms with Crippen molar-refractivity contribution in [1.29, 1.82) is 0 Å². The van der Waals surface area contributed by atoms with Crippen LogP contribution in [0.2, 0.25) is 0 Å². The van der Waals surface area contributed by atoms with E-state index in [9.17, 15) is 0 Å². The lowest BCUT2D eigenvalue weighted by molar-refractivity contribution is 0.430. The summed E-state index contributed by atoms with van der Waals surface area (Å²) in [6.07, 6.45) is 2.38. The van der Waals surface area contributed by atoms with E-state index in [0.717, 1.165) is 18.7 Å². The zero-order chi connectivity index (χ0) is 11.7. The second-order valence-corrected chi connectivity index (χ2v) is 4.18. The smallest absolute Gasteiger partial charge is 0.266 e. The molecule has 2 aromatic rings. The minimum Gasteiger partial charge on any atom is -0.398 e. The molecule has 3 rings (SSSR count). The predicted octanol–water partition coefficient (Wildman–Crippen LogP) is 1.92. The molecule has 1 saturated heterocycles. The van der Waals surface area contributed by atoms with Crippen LogP contribution in [0.4, 0.5) is 11.6 Å². The largest absolute Gasteiger partial charge is 0.398 e. The van der Waals surface area contributed by atoms with Crippen molar-refractivity contribution in [3.05, 3.63) is 24.3 Å². The monoisotopic (exact) mass is 230 g/mol. The zero-order valence-electron chi connectivity index (χ0n) is 9.47. The Kier molecular flexibility index (Phi) is 2.44. The van der Waals surface area contributed by atoms with Gasteiger partial charge in [-0.25, -0.2) is 0 Å². The van der Waals surface area contributed by atoms with Gasteiger partial charge in [0, 0.05) is 18.8 Å². The first-order valence-electron chi connectivity index (χ1n) is 5.78. The Bertz CT molecular complexity index is 517. The number of nitrogen functional groups attached to an aromatic ring is 1. The van der Waals surface area contributed by atoms with Gasteiger partial charge in [-0.1, -0.05) is 12.1 Å². The minimum atomic E-state index is 0.491. The normalized spacial score (nSPS) is 15.4. The van der Waals surface area contributed by atoms with Crippen molar-refractivity contribution in [2.75, 3.05) is 23.7 Å². The van der Waals surface area contributed by atoms with E-state index in [0.29, 0.717) is 17.5 Å². The van der Waals surface area contributed by atoms with Gasteiger partial charge in [0.2, 0.25) is 0 Å². The van der Waals surface area contributed by atoms with Crippen LogP contribution in [-0.2, 0) is 0 Å². The van der Waals surface area contributed by atoms with Crippen LogP contribution >= 0.6 is 0 Å². The molecule has 2 heterocycles. The third-order valence-electron chi connectivity index (χ3n) is 3.00. The molecule has 5 heteroatoms. The molecule has 1 aliphatic heterocycles. The van der Waals surface area contributed by atoms with E-state index in [1.165, 1.54) is 12.8 Å². The molecule has 0 saturated carbocycles. The highest BCUT2D eigenvalue weighted by molar-refractivity contribution is 5.70. The van der Waals surface area contributed by atoms with E-state index in [1.807, 2.05) is 24.3 Å². The van der Waals surface area contributed by atoms with Gasteiger partial charge < -0.3 is 15.2 Å². The summed E-state index contributed by atoms with van der Waals surface area (Å²) in [6, 6.07) is 7.51. The number of anilines is 2. The molecule has 0 amide bonds. The number of para-hydroxylation sites is 1. The summed E-state index contributed by atoms with van der Waals surface area (Å²) in [5, 5.41) is 4.00. The highest BCUT2D eigenvalue weighted by Crippen LogP contribution is 2.26. The first-order chi connectivity index (χ1) is 8.34. The lowest BCUT2D eigenvalue weighted by Gasteiger charge is -2.09. The number of rotatable bonds is 2. The Labute approximate surface area is 99.2 Å². The van der Waals surface area contributed by atoms with E-state index in [-0.39, 0.29) is 0 Å². The van der Waals surface area contributed by atoms with Crippen molar-refractivity contribution in [3.63, 3.8) is 0 Å². The lowest BCUT2D eigenvalue weighted by atomic mass is 10.2. The van der Waals surface area contributed by atoms with Crippen molar-refractivity contribution >= 4 is 11.6 Å². The average molecular weight is 230 g/mol. The van der Waals surface area contributed by atoms with Gasteiger partial charge in [0.15, 0.2) is 0 Å². The van der Waals surface area contributed by atoms with Crippen molar-refractivity contribution < 1.29 is 4.52 Å². The number of benzene rings is 1. The van der Waals surface area contributed by atoms with Crippen LogP contribution in [-0.4, -0.2) is 23.2 Å². The molecule has 1 fully saturated rings. The third-order valence-corrected chi connectivity index (χ3v) is 3.00. The van der Waals surface area contributed by atoms with Gasteiger partial charge in [-0.15, -0.1) is 0 Å². The Morgan fingerprint density at radius 3 is 2.71 bits per heavy atom. The predicted molar refractivity (Wildman–Crippen MR) is 65.6 cm³/mol. The summed E-state index contributed by atoms with van der Waals surface area (Å²) in [5.74, 6) is 1.16. The van der Waals surface area contributed by atoms with Crippen molar-refractivity contribution in [3.8, 4) is 11.5 Å². The molecule has 0 unspecified atom stereocenters.